The predicted octanol–water partition coefficient (Wildman–Crippen LogP) is 5.33. The van der Waals surface area contributed by atoms with Crippen molar-refractivity contribution in [2.24, 2.45) is 0 Å². The number of rotatable bonds is 12. The van der Waals surface area contributed by atoms with E-state index in [1.54, 1.807) is 42.5 Å². The molecule has 1 aromatic heterocycles. The summed E-state index contributed by atoms with van der Waals surface area (Å²) >= 11 is 0. The van der Waals surface area contributed by atoms with Gasteiger partial charge in [0, 0.05) is 5.56 Å². The molecular formula is C28H32N2O5. The molecule has 0 unspecified atom stereocenters. The van der Waals surface area contributed by atoms with Gasteiger partial charge in [-0.1, -0.05) is 25.5 Å². The van der Waals surface area contributed by atoms with Crippen molar-refractivity contribution < 1.29 is 23.5 Å². The number of carbonyl (C=O) groups is 2. The summed E-state index contributed by atoms with van der Waals surface area (Å²) in [4.78, 5) is 25.9. The van der Waals surface area contributed by atoms with Crippen LogP contribution in [0.2, 0.25) is 0 Å². The number of carbonyl (C=O) groups excluding carboxylic acids is 2. The Balaban J connectivity index is 1.74. The summed E-state index contributed by atoms with van der Waals surface area (Å²) in [6, 6.07) is 17.7. The van der Waals surface area contributed by atoms with Crippen LogP contribution in [0.15, 0.2) is 77.0 Å². The maximum absolute atomic E-state index is 12.9. The van der Waals surface area contributed by atoms with Crippen molar-refractivity contribution in [3.8, 4) is 11.5 Å². The zero-order valence-electron chi connectivity index (χ0n) is 20.4. The minimum absolute atomic E-state index is 0.0575. The molecule has 1 heterocycles. The Hall–Kier alpha value is -4.00. The molecule has 0 fully saturated rings. The van der Waals surface area contributed by atoms with Crippen LogP contribution in [0.4, 0.5) is 0 Å². The number of benzene rings is 2. The van der Waals surface area contributed by atoms with Gasteiger partial charge < -0.3 is 24.5 Å². The molecule has 0 spiro atoms. The standard InChI is InChI=1S/C28H32N2O5/c1-4-5-16-33-23-14-10-22(11-15-23)27(31)30-26(28(32)29-19-25-7-6-17-34-25)18-21-8-12-24(13-9-21)35-20(2)3/h6-15,17-18,20H,4-5,16,19H2,1-3H3,(H,29,32)(H,30,31)/b26-18-. The summed E-state index contributed by atoms with van der Waals surface area (Å²) in [7, 11) is 0. The lowest BCUT2D eigenvalue weighted by Crippen LogP contribution is -2.34. The number of furan rings is 1. The first-order chi connectivity index (χ1) is 16.9. The Kier molecular flexibility index (Phi) is 9.54. The van der Waals surface area contributed by atoms with E-state index in [-0.39, 0.29) is 18.3 Å². The minimum Gasteiger partial charge on any atom is -0.494 e. The fraction of sp³-hybridized carbons (Fsp3) is 0.286. The predicted molar refractivity (Wildman–Crippen MR) is 135 cm³/mol. The van der Waals surface area contributed by atoms with Crippen molar-refractivity contribution in [1.82, 2.24) is 10.6 Å². The minimum atomic E-state index is -0.434. The van der Waals surface area contributed by atoms with E-state index in [2.05, 4.69) is 17.6 Å². The van der Waals surface area contributed by atoms with Crippen LogP contribution in [0.5, 0.6) is 11.5 Å². The van der Waals surface area contributed by atoms with Crippen molar-refractivity contribution in [3.05, 3.63) is 89.5 Å². The summed E-state index contributed by atoms with van der Waals surface area (Å²) in [5, 5.41) is 5.51. The van der Waals surface area contributed by atoms with E-state index in [4.69, 9.17) is 13.9 Å². The highest BCUT2D eigenvalue weighted by atomic mass is 16.5. The Morgan fingerprint density at radius 3 is 2.34 bits per heavy atom. The lowest BCUT2D eigenvalue weighted by molar-refractivity contribution is -0.118. The lowest BCUT2D eigenvalue weighted by atomic mass is 10.1. The van der Waals surface area contributed by atoms with E-state index < -0.39 is 11.8 Å². The molecule has 0 saturated heterocycles. The van der Waals surface area contributed by atoms with E-state index in [9.17, 15) is 9.59 Å². The number of hydrogen-bond donors (Lipinski definition) is 2. The van der Waals surface area contributed by atoms with E-state index in [1.165, 1.54) is 6.26 Å². The normalized spacial score (nSPS) is 11.3. The summed E-state index contributed by atoms with van der Waals surface area (Å²) in [5.41, 5.74) is 1.27. The number of ether oxygens (including phenoxy) is 2. The number of hydrogen-bond acceptors (Lipinski definition) is 5. The average Bonchev–Trinajstić information content (AvgIpc) is 3.37. The summed E-state index contributed by atoms with van der Waals surface area (Å²) in [6.07, 6.45) is 5.23. The first-order valence-electron chi connectivity index (χ1n) is 11.8. The van der Waals surface area contributed by atoms with E-state index in [0.29, 0.717) is 23.7 Å². The van der Waals surface area contributed by atoms with Gasteiger partial charge in [-0.3, -0.25) is 9.59 Å². The average molecular weight is 477 g/mol. The largest absolute Gasteiger partial charge is 0.494 e. The quantitative estimate of drug-likeness (QED) is 0.272. The van der Waals surface area contributed by atoms with Crippen LogP contribution in [0.3, 0.4) is 0 Å². The molecule has 7 nitrogen and oxygen atoms in total. The third-order valence-electron chi connectivity index (χ3n) is 4.94. The van der Waals surface area contributed by atoms with Gasteiger partial charge in [-0.25, -0.2) is 0 Å². The summed E-state index contributed by atoms with van der Waals surface area (Å²) < 4.78 is 16.6. The van der Waals surface area contributed by atoms with Crippen molar-refractivity contribution in [3.63, 3.8) is 0 Å². The Bertz CT molecular complexity index is 1100. The molecule has 0 saturated carbocycles. The van der Waals surface area contributed by atoms with Crippen LogP contribution >= 0.6 is 0 Å². The Morgan fingerprint density at radius 1 is 1.00 bits per heavy atom. The zero-order chi connectivity index (χ0) is 25.0. The molecule has 0 atom stereocenters. The smallest absolute Gasteiger partial charge is 0.268 e. The van der Waals surface area contributed by atoms with Gasteiger partial charge in [-0.15, -0.1) is 0 Å². The molecular weight excluding hydrogens is 444 g/mol. The molecule has 2 N–H and O–H groups in total. The van der Waals surface area contributed by atoms with Crippen molar-refractivity contribution in [2.45, 2.75) is 46.3 Å². The molecule has 2 amide bonds. The SMILES string of the molecule is CCCCOc1ccc(C(=O)N/C(=C\c2ccc(OC(C)C)cc2)C(=O)NCc2ccco2)cc1. The molecule has 3 aromatic rings. The molecule has 3 rings (SSSR count). The molecule has 0 aliphatic heterocycles. The summed E-state index contributed by atoms with van der Waals surface area (Å²) in [5.74, 6) is 1.20. The maximum Gasteiger partial charge on any atom is 0.268 e. The molecule has 0 bridgehead atoms. The van der Waals surface area contributed by atoms with Crippen LogP contribution in [0.1, 0.15) is 55.3 Å². The van der Waals surface area contributed by atoms with Gasteiger partial charge in [-0.2, -0.15) is 0 Å². The molecule has 0 radical (unpaired) electrons. The molecule has 0 aliphatic rings. The van der Waals surface area contributed by atoms with Gasteiger partial charge >= 0.3 is 0 Å². The second-order valence-electron chi connectivity index (χ2n) is 8.24. The number of nitrogens with one attached hydrogen (secondary N) is 2. The highest BCUT2D eigenvalue weighted by Crippen LogP contribution is 2.17. The second-order valence-corrected chi connectivity index (χ2v) is 8.24. The van der Waals surface area contributed by atoms with Gasteiger partial charge in [0.25, 0.3) is 11.8 Å². The molecule has 35 heavy (non-hydrogen) atoms. The van der Waals surface area contributed by atoms with Gasteiger partial charge in [0.05, 0.1) is 25.5 Å². The first-order valence-corrected chi connectivity index (χ1v) is 11.8. The fourth-order valence-electron chi connectivity index (χ4n) is 3.15. The fourth-order valence-corrected chi connectivity index (χ4v) is 3.15. The van der Waals surface area contributed by atoms with Crippen molar-refractivity contribution >= 4 is 17.9 Å². The molecule has 2 aromatic carbocycles. The first kappa shape index (κ1) is 25.6. The Labute approximate surface area is 206 Å². The van der Waals surface area contributed by atoms with Crippen LogP contribution in [-0.2, 0) is 11.3 Å². The van der Waals surface area contributed by atoms with Crippen LogP contribution in [-0.4, -0.2) is 24.5 Å². The van der Waals surface area contributed by atoms with E-state index in [0.717, 1.165) is 24.2 Å². The lowest BCUT2D eigenvalue weighted by Gasteiger charge is -2.12. The zero-order valence-corrected chi connectivity index (χ0v) is 20.4. The highest BCUT2D eigenvalue weighted by Gasteiger charge is 2.15. The molecule has 7 heteroatoms. The summed E-state index contributed by atoms with van der Waals surface area (Å²) in [6.45, 7) is 6.83. The van der Waals surface area contributed by atoms with E-state index >= 15 is 0 Å². The number of amides is 2. The molecule has 0 aliphatic carbocycles. The Morgan fingerprint density at radius 2 is 1.71 bits per heavy atom. The number of unbranched alkanes of at least 4 members (excludes halogenated alkanes) is 1. The van der Waals surface area contributed by atoms with Gasteiger partial charge in [0.2, 0.25) is 0 Å². The van der Waals surface area contributed by atoms with Crippen LogP contribution in [0, 0.1) is 0 Å². The van der Waals surface area contributed by atoms with Gasteiger partial charge in [0.15, 0.2) is 0 Å². The van der Waals surface area contributed by atoms with Gasteiger partial charge in [-0.05, 0) is 80.4 Å². The van der Waals surface area contributed by atoms with Crippen molar-refractivity contribution in [2.75, 3.05) is 6.61 Å². The second kappa shape index (κ2) is 13.0. The third-order valence-corrected chi connectivity index (χ3v) is 4.94. The van der Waals surface area contributed by atoms with Crippen molar-refractivity contribution in [1.29, 1.82) is 0 Å². The van der Waals surface area contributed by atoms with Crippen LogP contribution in [0.25, 0.3) is 6.08 Å². The van der Waals surface area contributed by atoms with Gasteiger partial charge in [0.1, 0.15) is 23.0 Å². The maximum atomic E-state index is 12.9. The third kappa shape index (κ3) is 8.37. The monoisotopic (exact) mass is 476 g/mol. The molecule has 184 valence electrons. The topological polar surface area (TPSA) is 89.8 Å². The van der Waals surface area contributed by atoms with Crippen LogP contribution < -0.4 is 20.1 Å². The van der Waals surface area contributed by atoms with E-state index in [1.807, 2.05) is 38.1 Å². The highest BCUT2D eigenvalue weighted by molar-refractivity contribution is 6.05.